The molecule has 0 aliphatic heterocycles. The van der Waals surface area contributed by atoms with Gasteiger partial charge in [-0.15, -0.1) is 5.10 Å². The summed E-state index contributed by atoms with van der Waals surface area (Å²) in [5, 5.41) is 18.4. The minimum atomic E-state index is 0.299. The van der Waals surface area contributed by atoms with Gasteiger partial charge in [0.25, 0.3) is 0 Å². The van der Waals surface area contributed by atoms with Gasteiger partial charge in [0.05, 0.1) is 18.3 Å². The fraction of sp³-hybridized carbons (Fsp3) is 0.304. The maximum Gasteiger partial charge on any atom is 0.246 e. The Bertz CT molecular complexity index is 1150. The zero-order valence-electron chi connectivity index (χ0n) is 17.7. The molecule has 0 unspecified atom stereocenters. The van der Waals surface area contributed by atoms with Crippen LogP contribution in [0.1, 0.15) is 33.1 Å². The predicted molar refractivity (Wildman–Crippen MR) is 120 cm³/mol. The Morgan fingerprint density at radius 2 is 1.97 bits per heavy atom. The van der Waals surface area contributed by atoms with E-state index >= 15 is 0 Å². The van der Waals surface area contributed by atoms with Crippen molar-refractivity contribution in [2.24, 2.45) is 5.92 Å². The summed E-state index contributed by atoms with van der Waals surface area (Å²) in [6, 6.07) is 13.5. The number of rotatable bonds is 10. The number of ketones is 1. The van der Waals surface area contributed by atoms with Crippen LogP contribution in [0.5, 0.6) is 5.75 Å². The van der Waals surface area contributed by atoms with Gasteiger partial charge in [0.2, 0.25) is 5.95 Å². The first-order valence-corrected chi connectivity index (χ1v) is 10.4. The summed E-state index contributed by atoms with van der Waals surface area (Å²) in [7, 11) is 0. The third kappa shape index (κ3) is 5.48. The minimum Gasteiger partial charge on any atom is -0.494 e. The smallest absolute Gasteiger partial charge is 0.246 e. The molecule has 0 aliphatic carbocycles. The molecular formula is C23H26N6O2. The lowest BCUT2D eigenvalue weighted by atomic mass is 10.0. The van der Waals surface area contributed by atoms with Crippen molar-refractivity contribution in [2.45, 2.75) is 33.1 Å². The quantitative estimate of drug-likeness (QED) is 0.317. The molecule has 2 aromatic heterocycles. The number of Topliss-reactive ketones (excluding diaryl/α,β-unsaturated/α-hetero) is 1. The standard InChI is InChI=1S/C23H26N6O2/c1-15(2)12-19(30)4-3-11-31-20-8-5-16(6-9-20)22-26-23(29-28-22)25-18-7-10-21-17(13-18)14-24-27-21/h5-10,13-15H,3-4,11-12H2,1-2H3,(H,24,27)(H2,25,26,28,29). The molecule has 0 saturated heterocycles. The SMILES string of the molecule is CC(C)CC(=O)CCCOc1ccc(-c2nc(Nc3ccc4[nH]ncc4c3)n[nH]2)cc1. The van der Waals surface area contributed by atoms with Crippen molar-refractivity contribution >= 4 is 28.3 Å². The highest BCUT2D eigenvalue weighted by atomic mass is 16.5. The van der Waals surface area contributed by atoms with Gasteiger partial charge in [0, 0.05) is 29.5 Å². The van der Waals surface area contributed by atoms with Crippen LogP contribution in [-0.2, 0) is 4.79 Å². The molecule has 0 amide bonds. The van der Waals surface area contributed by atoms with E-state index in [-0.39, 0.29) is 0 Å². The number of aromatic nitrogens is 5. The summed E-state index contributed by atoms with van der Waals surface area (Å²) in [4.78, 5) is 16.3. The van der Waals surface area contributed by atoms with E-state index in [4.69, 9.17) is 4.74 Å². The highest BCUT2D eigenvalue weighted by molar-refractivity contribution is 5.82. The van der Waals surface area contributed by atoms with Crippen LogP contribution in [0.3, 0.4) is 0 Å². The number of fused-ring (bicyclic) bond motifs is 1. The highest BCUT2D eigenvalue weighted by Gasteiger charge is 2.08. The lowest BCUT2D eigenvalue weighted by molar-refractivity contribution is -0.119. The Kier molecular flexibility index (Phi) is 6.26. The molecule has 4 aromatic rings. The van der Waals surface area contributed by atoms with E-state index in [1.54, 1.807) is 6.20 Å². The van der Waals surface area contributed by atoms with Crippen LogP contribution in [0.2, 0.25) is 0 Å². The number of anilines is 2. The van der Waals surface area contributed by atoms with Crippen molar-refractivity contribution in [1.82, 2.24) is 25.4 Å². The molecule has 0 spiro atoms. The molecule has 2 aromatic carbocycles. The number of hydrogen-bond acceptors (Lipinski definition) is 6. The number of aromatic amines is 2. The molecule has 0 atom stereocenters. The number of nitrogens with zero attached hydrogens (tertiary/aromatic N) is 3. The van der Waals surface area contributed by atoms with Crippen LogP contribution in [0.15, 0.2) is 48.7 Å². The van der Waals surface area contributed by atoms with Crippen LogP contribution in [0, 0.1) is 5.92 Å². The fourth-order valence-electron chi connectivity index (χ4n) is 3.32. The van der Waals surface area contributed by atoms with Crippen molar-refractivity contribution < 1.29 is 9.53 Å². The average molecular weight is 419 g/mol. The lowest BCUT2D eigenvalue weighted by Crippen LogP contribution is -2.05. The molecule has 160 valence electrons. The van der Waals surface area contributed by atoms with Crippen LogP contribution in [0.4, 0.5) is 11.6 Å². The van der Waals surface area contributed by atoms with Crippen molar-refractivity contribution in [3.63, 3.8) is 0 Å². The Balaban J connectivity index is 1.30. The number of ether oxygens (including phenoxy) is 1. The van der Waals surface area contributed by atoms with Crippen molar-refractivity contribution in [3.05, 3.63) is 48.7 Å². The number of hydrogen-bond donors (Lipinski definition) is 3. The molecular weight excluding hydrogens is 392 g/mol. The second-order valence-corrected chi connectivity index (χ2v) is 7.92. The van der Waals surface area contributed by atoms with Gasteiger partial charge in [-0.05, 0) is 54.8 Å². The highest BCUT2D eigenvalue weighted by Crippen LogP contribution is 2.23. The maximum absolute atomic E-state index is 11.7. The van der Waals surface area contributed by atoms with Gasteiger partial charge < -0.3 is 10.1 Å². The zero-order chi connectivity index (χ0) is 21.6. The van der Waals surface area contributed by atoms with E-state index in [0.717, 1.165) is 34.3 Å². The van der Waals surface area contributed by atoms with E-state index in [1.807, 2.05) is 42.5 Å². The molecule has 2 heterocycles. The molecule has 0 fully saturated rings. The fourth-order valence-corrected chi connectivity index (χ4v) is 3.32. The summed E-state index contributed by atoms with van der Waals surface area (Å²) in [5.41, 5.74) is 2.77. The summed E-state index contributed by atoms with van der Waals surface area (Å²) in [5.74, 6) is 2.63. The first-order valence-electron chi connectivity index (χ1n) is 10.4. The Morgan fingerprint density at radius 1 is 1.13 bits per heavy atom. The molecule has 0 radical (unpaired) electrons. The summed E-state index contributed by atoms with van der Waals surface area (Å²) in [6.07, 6.45) is 3.71. The van der Waals surface area contributed by atoms with E-state index in [9.17, 15) is 4.79 Å². The normalized spacial score (nSPS) is 11.2. The molecule has 8 heteroatoms. The Labute approximate surface area is 180 Å². The molecule has 31 heavy (non-hydrogen) atoms. The first kappa shape index (κ1) is 20.6. The van der Waals surface area contributed by atoms with Crippen LogP contribution in [0.25, 0.3) is 22.3 Å². The third-order valence-corrected chi connectivity index (χ3v) is 4.81. The second kappa shape index (κ2) is 9.42. The summed E-state index contributed by atoms with van der Waals surface area (Å²) < 4.78 is 5.75. The molecule has 0 bridgehead atoms. The van der Waals surface area contributed by atoms with Crippen LogP contribution >= 0.6 is 0 Å². The topological polar surface area (TPSA) is 109 Å². The van der Waals surface area contributed by atoms with Gasteiger partial charge in [-0.25, -0.2) is 0 Å². The number of carbonyl (C=O) groups excluding carboxylic acids is 1. The van der Waals surface area contributed by atoms with Gasteiger partial charge in [-0.3, -0.25) is 15.0 Å². The van der Waals surface area contributed by atoms with E-state index in [0.29, 0.717) is 42.9 Å². The van der Waals surface area contributed by atoms with Crippen LogP contribution in [-0.4, -0.2) is 37.8 Å². The Hall–Kier alpha value is -3.68. The van der Waals surface area contributed by atoms with Gasteiger partial charge in [0.15, 0.2) is 5.82 Å². The molecule has 0 aliphatic rings. The van der Waals surface area contributed by atoms with Crippen molar-refractivity contribution in [3.8, 4) is 17.1 Å². The van der Waals surface area contributed by atoms with E-state index in [1.165, 1.54) is 0 Å². The van der Waals surface area contributed by atoms with Crippen LogP contribution < -0.4 is 10.1 Å². The summed E-state index contributed by atoms with van der Waals surface area (Å²) in [6.45, 7) is 4.65. The van der Waals surface area contributed by atoms with Gasteiger partial charge >= 0.3 is 0 Å². The molecule has 8 nitrogen and oxygen atoms in total. The monoisotopic (exact) mass is 418 g/mol. The van der Waals surface area contributed by atoms with Gasteiger partial charge in [0.1, 0.15) is 11.5 Å². The zero-order valence-corrected chi connectivity index (χ0v) is 17.7. The minimum absolute atomic E-state index is 0.299. The van der Waals surface area contributed by atoms with Gasteiger partial charge in [-0.1, -0.05) is 13.8 Å². The van der Waals surface area contributed by atoms with Crippen molar-refractivity contribution in [2.75, 3.05) is 11.9 Å². The van der Waals surface area contributed by atoms with E-state index < -0.39 is 0 Å². The first-order chi connectivity index (χ1) is 15.1. The second-order valence-electron chi connectivity index (χ2n) is 7.92. The van der Waals surface area contributed by atoms with Gasteiger partial charge in [-0.2, -0.15) is 10.1 Å². The average Bonchev–Trinajstić information content (AvgIpc) is 3.40. The largest absolute Gasteiger partial charge is 0.494 e. The Morgan fingerprint density at radius 3 is 2.77 bits per heavy atom. The van der Waals surface area contributed by atoms with E-state index in [2.05, 4.69) is 44.5 Å². The lowest BCUT2D eigenvalue weighted by Gasteiger charge is -2.07. The maximum atomic E-state index is 11.7. The molecule has 4 rings (SSSR count). The summed E-state index contributed by atoms with van der Waals surface area (Å²) >= 11 is 0. The molecule has 3 N–H and O–H groups in total. The number of nitrogens with one attached hydrogen (secondary N) is 3. The predicted octanol–water partition coefficient (Wildman–Crippen LogP) is 4.87. The molecule has 0 saturated carbocycles. The number of carbonyl (C=O) groups is 1. The number of benzene rings is 2. The third-order valence-electron chi connectivity index (χ3n) is 4.81. The number of H-pyrrole nitrogens is 2. The van der Waals surface area contributed by atoms with Crippen molar-refractivity contribution in [1.29, 1.82) is 0 Å².